The smallest absolute Gasteiger partial charge is 0.314 e. The molecular weight excluding hydrogens is 180 g/mol. The van der Waals surface area contributed by atoms with Crippen molar-refractivity contribution in [3.05, 3.63) is 0 Å². The lowest BCUT2D eigenvalue weighted by atomic mass is 9.69. The van der Waals surface area contributed by atoms with E-state index in [4.69, 9.17) is 4.74 Å². The first-order valence-corrected chi connectivity index (χ1v) is 5.21. The summed E-state index contributed by atoms with van der Waals surface area (Å²) in [6, 6.07) is 0. The molecule has 0 aromatic rings. The summed E-state index contributed by atoms with van der Waals surface area (Å²) in [6.07, 6.45) is 2.09. The summed E-state index contributed by atoms with van der Waals surface area (Å²) in [6.45, 7) is 4.10. The second kappa shape index (κ2) is 2.72. The molecule has 1 N–H and O–H groups in total. The fourth-order valence-electron chi connectivity index (χ4n) is 3.39. The van der Waals surface area contributed by atoms with Crippen molar-refractivity contribution in [2.75, 3.05) is 7.11 Å². The minimum absolute atomic E-state index is 0.132. The molecule has 2 aliphatic rings. The van der Waals surface area contributed by atoms with E-state index in [-0.39, 0.29) is 11.4 Å². The van der Waals surface area contributed by atoms with Crippen molar-refractivity contribution in [2.24, 2.45) is 16.7 Å². The van der Waals surface area contributed by atoms with Crippen LogP contribution in [-0.2, 0) is 9.53 Å². The van der Waals surface area contributed by atoms with Crippen LogP contribution in [0.2, 0.25) is 0 Å². The number of fused-ring (bicyclic) bond motifs is 2. The number of esters is 1. The van der Waals surface area contributed by atoms with Crippen LogP contribution in [0.4, 0.5) is 0 Å². The first kappa shape index (κ1) is 9.97. The zero-order chi connectivity index (χ0) is 10.6. The minimum Gasteiger partial charge on any atom is -0.469 e. The molecule has 2 aliphatic carbocycles. The summed E-state index contributed by atoms with van der Waals surface area (Å²) in [5, 5.41) is 10.2. The number of aliphatic hydroxyl groups excluding tert-OH is 1. The Morgan fingerprint density at radius 2 is 2.14 bits per heavy atom. The van der Waals surface area contributed by atoms with Gasteiger partial charge in [-0.05, 0) is 30.6 Å². The zero-order valence-electron chi connectivity index (χ0n) is 9.04. The number of ether oxygens (including phenoxy) is 1. The van der Waals surface area contributed by atoms with Crippen molar-refractivity contribution in [2.45, 2.75) is 39.2 Å². The Bertz CT molecular complexity index is 272. The molecule has 2 bridgehead atoms. The minimum atomic E-state index is -0.594. The van der Waals surface area contributed by atoms with E-state index < -0.39 is 11.5 Å². The molecule has 0 spiro atoms. The fourth-order valence-corrected chi connectivity index (χ4v) is 3.39. The Hall–Kier alpha value is -0.570. The Kier molecular flexibility index (Phi) is 1.94. The van der Waals surface area contributed by atoms with Gasteiger partial charge in [-0.2, -0.15) is 0 Å². The molecule has 2 rings (SSSR count). The first-order valence-electron chi connectivity index (χ1n) is 5.21. The number of aliphatic hydroxyl groups is 1. The number of carbonyl (C=O) groups excluding carboxylic acids is 1. The van der Waals surface area contributed by atoms with Gasteiger partial charge in [-0.25, -0.2) is 0 Å². The molecule has 0 aromatic heterocycles. The summed E-state index contributed by atoms with van der Waals surface area (Å²) in [5.74, 6) is 0.245. The molecule has 0 aromatic carbocycles. The van der Waals surface area contributed by atoms with E-state index in [9.17, 15) is 9.90 Å². The van der Waals surface area contributed by atoms with Gasteiger partial charge in [0.1, 0.15) is 0 Å². The Labute approximate surface area is 84.4 Å². The number of hydrogen-bond acceptors (Lipinski definition) is 3. The average molecular weight is 198 g/mol. The largest absolute Gasteiger partial charge is 0.469 e. The van der Waals surface area contributed by atoms with Crippen LogP contribution in [0, 0.1) is 16.7 Å². The van der Waals surface area contributed by atoms with Crippen LogP contribution in [0.5, 0.6) is 0 Å². The predicted octanol–water partition coefficient (Wildman–Crippen LogP) is 1.35. The van der Waals surface area contributed by atoms with E-state index in [1.165, 1.54) is 7.11 Å². The number of hydrogen-bond donors (Lipinski definition) is 1. The third kappa shape index (κ3) is 0.937. The van der Waals surface area contributed by atoms with Gasteiger partial charge in [0.25, 0.3) is 0 Å². The molecule has 2 fully saturated rings. The molecule has 3 heteroatoms. The van der Waals surface area contributed by atoms with Gasteiger partial charge in [0.2, 0.25) is 0 Å². The highest BCUT2D eigenvalue weighted by Gasteiger charge is 2.65. The fraction of sp³-hybridized carbons (Fsp3) is 0.909. The monoisotopic (exact) mass is 198 g/mol. The van der Waals surface area contributed by atoms with Gasteiger partial charge in [0.05, 0.1) is 18.6 Å². The highest BCUT2D eigenvalue weighted by atomic mass is 16.5. The first-order chi connectivity index (χ1) is 6.45. The van der Waals surface area contributed by atoms with Crippen molar-refractivity contribution >= 4 is 5.97 Å². The SMILES string of the molecule is COC(=O)[C@@]12CC[C@H](C1)C(C)(C)[C@@H]2O. The van der Waals surface area contributed by atoms with Crippen LogP contribution in [0.1, 0.15) is 33.1 Å². The van der Waals surface area contributed by atoms with E-state index in [0.717, 1.165) is 19.3 Å². The van der Waals surface area contributed by atoms with Crippen LogP contribution in [0.25, 0.3) is 0 Å². The van der Waals surface area contributed by atoms with Crippen molar-refractivity contribution in [1.82, 2.24) is 0 Å². The number of rotatable bonds is 1. The summed E-state index contributed by atoms with van der Waals surface area (Å²) < 4.78 is 4.82. The Balaban J connectivity index is 2.35. The van der Waals surface area contributed by atoms with Crippen molar-refractivity contribution in [1.29, 1.82) is 0 Å². The van der Waals surface area contributed by atoms with Gasteiger partial charge in [0, 0.05) is 0 Å². The Morgan fingerprint density at radius 3 is 2.57 bits per heavy atom. The highest BCUT2D eigenvalue weighted by Crippen LogP contribution is 2.62. The van der Waals surface area contributed by atoms with Gasteiger partial charge in [0.15, 0.2) is 0 Å². The van der Waals surface area contributed by atoms with Gasteiger partial charge in [-0.15, -0.1) is 0 Å². The summed E-state index contributed by atoms with van der Waals surface area (Å²) >= 11 is 0. The van der Waals surface area contributed by atoms with Crippen LogP contribution in [0.3, 0.4) is 0 Å². The molecule has 0 amide bonds. The zero-order valence-corrected chi connectivity index (χ0v) is 9.04. The molecule has 2 saturated carbocycles. The molecule has 0 unspecified atom stereocenters. The number of methoxy groups -OCH3 is 1. The summed E-state index contributed by atoms with van der Waals surface area (Å²) in [7, 11) is 1.41. The van der Waals surface area contributed by atoms with Gasteiger partial charge in [-0.3, -0.25) is 4.79 Å². The predicted molar refractivity (Wildman–Crippen MR) is 51.6 cm³/mol. The highest BCUT2D eigenvalue weighted by molar-refractivity contribution is 5.79. The van der Waals surface area contributed by atoms with Gasteiger partial charge >= 0.3 is 5.97 Å². The van der Waals surface area contributed by atoms with Crippen LogP contribution in [-0.4, -0.2) is 24.3 Å². The van der Waals surface area contributed by atoms with Gasteiger partial charge < -0.3 is 9.84 Å². The van der Waals surface area contributed by atoms with Crippen molar-refractivity contribution in [3.63, 3.8) is 0 Å². The molecule has 0 radical (unpaired) electrons. The quantitative estimate of drug-likeness (QED) is 0.647. The molecule has 0 aliphatic heterocycles. The van der Waals surface area contributed by atoms with Crippen molar-refractivity contribution < 1.29 is 14.6 Å². The third-order valence-electron chi connectivity index (χ3n) is 4.42. The lowest BCUT2D eigenvalue weighted by molar-refractivity contribution is -0.162. The molecular formula is C11H18O3. The van der Waals surface area contributed by atoms with E-state index in [1.54, 1.807) is 0 Å². The average Bonchev–Trinajstić information content (AvgIpc) is 2.66. The molecule has 0 heterocycles. The summed E-state index contributed by atoms with van der Waals surface area (Å²) in [4.78, 5) is 11.7. The second-order valence-electron chi connectivity index (χ2n) is 5.31. The van der Waals surface area contributed by atoms with E-state index in [1.807, 2.05) is 13.8 Å². The lowest BCUT2D eigenvalue weighted by Crippen LogP contribution is -2.46. The van der Waals surface area contributed by atoms with E-state index in [2.05, 4.69) is 0 Å². The lowest BCUT2D eigenvalue weighted by Gasteiger charge is -2.39. The van der Waals surface area contributed by atoms with Crippen LogP contribution in [0.15, 0.2) is 0 Å². The maximum absolute atomic E-state index is 11.7. The van der Waals surface area contributed by atoms with E-state index in [0.29, 0.717) is 5.92 Å². The molecule has 3 atom stereocenters. The van der Waals surface area contributed by atoms with Crippen molar-refractivity contribution in [3.8, 4) is 0 Å². The van der Waals surface area contributed by atoms with Crippen LogP contribution >= 0.6 is 0 Å². The van der Waals surface area contributed by atoms with Crippen LogP contribution < -0.4 is 0 Å². The maximum atomic E-state index is 11.7. The number of carbonyl (C=O) groups is 1. The Morgan fingerprint density at radius 1 is 1.50 bits per heavy atom. The second-order valence-corrected chi connectivity index (χ2v) is 5.31. The maximum Gasteiger partial charge on any atom is 0.314 e. The molecule has 80 valence electrons. The van der Waals surface area contributed by atoms with Gasteiger partial charge in [-0.1, -0.05) is 13.8 Å². The molecule has 14 heavy (non-hydrogen) atoms. The normalized spacial score (nSPS) is 44.0. The standard InChI is InChI=1S/C11H18O3/c1-10(2)7-4-5-11(6-7,8(10)12)9(13)14-3/h7-8,12H,4-6H2,1-3H3/t7-,8+,11+/m1/s1. The van der Waals surface area contributed by atoms with E-state index >= 15 is 0 Å². The summed E-state index contributed by atoms with van der Waals surface area (Å²) in [5.41, 5.74) is -0.727. The molecule has 3 nitrogen and oxygen atoms in total. The molecule has 0 saturated heterocycles. The topological polar surface area (TPSA) is 46.5 Å². The third-order valence-corrected chi connectivity index (χ3v) is 4.42.